The molecule has 0 heterocycles. The lowest BCUT2D eigenvalue weighted by Gasteiger charge is -2.19. The lowest BCUT2D eigenvalue weighted by atomic mass is 10.1. The Bertz CT molecular complexity index is 1950. The van der Waals surface area contributed by atoms with Crippen molar-refractivity contribution in [2.45, 2.75) is 17.1 Å². The Morgan fingerprint density at radius 1 is 0.796 bits per heavy atom. The van der Waals surface area contributed by atoms with Gasteiger partial charge in [-0.2, -0.15) is 0 Å². The number of ether oxygens (including phenoxy) is 1. The summed E-state index contributed by atoms with van der Waals surface area (Å²) in [6.07, 6.45) is 1.44. The van der Waals surface area contributed by atoms with E-state index in [1.54, 1.807) is 66.7 Å². The fourth-order valence-electron chi connectivity index (χ4n) is 4.70. The van der Waals surface area contributed by atoms with Crippen LogP contribution >= 0.6 is 11.8 Å². The van der Waals surface area contributed by atoms with Crippen LogP contribution in [0.2, 0.25) is 0 Å². The number of nitro groups is 1. The molecule has 3 amide bonds. The van der Waals surface area contributed by atoms with Gasteiger partial charge in [-0.1, -0.05) is 60.7 Å². The second-order valence-electron chi connectivity index (χ2n) is 10.5. The van der Waals surface area contributed by atoms with Crippen molar-refractivity contribution >= 4 is 52.6 Å². The van der Waals surface area contributed by atoms with Crippen LogP contribution in [0.1, 0.15) is 33.7 Å². The Balaban J connectivity index is 1.34. The Kier molecular flexibility index (Phi) is 11.5. The van der Waals surface area contributed by atoms with Gasteiger partial charge >= 0.3 is 0 Å². The first-order valence-electron chi connectivity index (χ1n) is 15.3. The molecule has 0 fully saturated rings. The minimum Gasteiger partial charge on any atom is -0.492 e. The number of benzene rings is 5. The summed E-state index contributed by atoms with van der Waals surface area (Å²) < 4.78 is 5.69. The third-order valence-corrected chi connectivity index (χ3v) is 8.36. The number of carbonyl (C=O) groups excluding carboxylic acids is 3. The highest BCUT2D eigenvalue weighted by atomic mass is 32.2. The van der Waals surface area contributed by atoms with Crippen LogP contribution in [0.4, 0.5) is 17.1 Å². The fourth-order valence-corrected chi connectivity index (χ4v) is 5.73. The fraction of sp³-hybridized carbons (Fsp3) is 0.0789. The van der Waals surface area contributed by atoms with Crippen molar-refractivity contribution in [3.63, 3.8) is 0 Å². The van der Waals surface area contributed by atoms with E-state index in [4.69, 9.17) is 4.74 Å². The molecule has 5 rings (SSSR count). The molecule has 0 aliphatic heterocycles. The van der Waals surface area contributed by atoms with Gasteiger partial charge in [0.15, 0.2) is 0 Å². The van der Waals surface area contributed by atoms with Crippen molar-refractivity contribution in [1.82, 2.24) is 5.32 Å². The van der Waals surface area contributed by atoms with Crippen LogP contribution in [0.3, 0.4) is 0 Å². The first-order chi connectivity index (χ1) is 23.8. The largest absolute Gasteiger partial charge is 0.492 e. The normalized spacial score (nSPS) is 11.6. The van der Waals surface area contributed by atoms with Crippen LogP contribution in [-0.4, -0.2) is 29.3 Å². The van der Waals surface area contributed by atoms with Crippen molar-refractivity contribution in [2.24, 2.45) is 0 Å². The van der Waals surface area contributed by atoms with Gasteiger partial charge in [-0.05, 0) is 84.8 Å². The summed E-state index contributed by atoms with van der Waals surface area (Å²) >= 11 is 1.35. The third kappa shape index (κ3) is 9.43. The molecule has 1 unspecified atom stereocenters. The van der Waals surface area contributed by atoms with Gasteiger partial charge in [0, 0.05) is 28.3 Å². The van der Waals surface area contributed by atoms with Crippen LogP contribution in [0.15, 0.2) is 144 Å². The maximum atomic E-state index is 13.6. The number of nitro benzene ring substituents is 1. The molecule has 11 heteroatoms. The van der Waals surface area contributed by atoms with E-state index in [-0.39, 0.29) is 17.3 Å². The minimum atomic E-state index is -0.599. The molecule has 1 atom stereocenters. The number of amides is 3. The van der Waals surface area contributed by atoms with Crippen molar-refractivity contribution in [1.29, 1.82) is 0 Å². The molecule has 0 radical (unpaired) electrons. The maximum Gasteiger partial charge on any atom is 0.272 e. The second kappa shape index (κ2) is 16.6. The van der Waals surface area contributed by atoms with Crippen molar-refractivity contribution in [3.05, 3.63) is 166 Å². The highest BCUT2D eigenvalue weighted by Crippen LogP contribution is 2.37. The number of nitrogens with one attached hydrogen (secondary N) is 3. The van der Waals surface area contributed by atoms with Crippen LogP contribution in [-0.2, 0) is 9.59 Å². The number of anilines is 2. The van der Waals surface area contributed by atoms with E-state index in [2.05, 4.69) is 16.0 Å². The SMILES string of the molecule is CCOc1ccccc1NC(=O)C(Sc1ccc(NC(=O)/C(=C/c2ccc([N+](=O)[O-])cc2)NC(=O)c2ccccc2)cc1)c1ccccc1. The van der Waals surface area contributed by atoms with E-state index in [9.17, 15) is 24.5 Å². The number of hydrogen-bond donors (Lipinski definition) is 3. The number of para-hydroxylation sites is 2. The van der Waals surface area contributed by atoms with Gasteiger partial charge in [-0.3, -0.25) is 24.5 Å². The lowest BCUT2D eigenvalue weighted by molar-refractivity contribution is -0.384. The Labute approximate surface area is 287 Å². The monoisotopic (exact) mass is 672 g/mol. The van der Waals surface area contributed by atoms with Crippen molar-refractivity contribution in [3.8, 4) is 5.75 Å². The van der Waals surface area contributed by atoms with E-state index in [1.165, 1.54) is 42.1 Å². The summed E-state index contributed by atoms with van der Waals surface area (Å²) in [7, 11) is 0. The van der Waals surface area contributed by atoms with Crippen LogP contribution in [0.5, 0.6) is 5.75 Å². The quantitative estimate of drug-likeness (QED) is 0.0500. The zero-order chi connectivity index (χ0) is 34.6. The van der Waals surface area contributed by atoms with Gasteiger partial charge in [0.05, 0.1) is 17.2 Å². The predicted molar refractivity (Wildman–Crippen MR) is 191 cm³/mol. The highest BCUT2D eigenvalue weighted by molar-refractivity contribution is 8.00. The molecule has 5 aromatic carbocycles. The van der Waals surface area contributed by atoms with Crippen LogP contribution in [0.25, 0.3) is 6.08 Å². The zero-order valence-corrected chi connectivity index (χ0v) is 27.2. The molecular formula is C38H32N4O6S. The van der Waals surface area contributed by atoms with E-state index in [0.29, 0.717) is 34.9 Å². The smallest absolute Gasteiger partial charge is 0.272 e. The molecule has 0 aliphatic rings. The van der Waals surface area contributed by atoms with E-state index >= 15 is 0 Å². The highest BCUT2D eigenvalue weighted by Gasteiger charge is 2.23. The van der Waals surface area contributed by atoms with Crippen LogP contribution in [0, 0.1) is 10.1 Å². The summed E-state index contributed by atoms with van der Waals surface area (Å²) in [6, 6.07) is 37.7. The maximum absolute atomic E-state index is 13.6. The Morgan fingerprint density at radius 2 is 1.43 bits per heavy atom. The number of nitrogens with zero attached hydrogens (tertiary/aromatic N) is 1. The molecule has 49 heavy (non-hydrogen) atoms. The van der Waals surface area contributed by atoms with Gasteiger partial charge in [0.2, 0.25) is 5.91 Å². The molecule has 3 N–H and O–H groups in total. The Hall–Kier alpha value is -6.20. The van der Waals surface area contributed by atoms with Crippen molar-refractivity contribution < 1.29 is 24.0 Å². The molecule has 0 aliphatic carbocycles. The number of carbonyl (C=O) groups is 3. The first kappa shape index (κ1) is 34.1. The molecule has 0 aromatic heterocycles. The van der Waals surface area contributed by atoms with Gasteiger partial charge < -0.3 is 20.7 Å². The molecule has 246 valence electrons. The van der Waals surface area contributed by atoms with Crippen molar-refractivity contribution in [2.75, 3.05) is 17.2 Å². The molecule has 0 bridgehead atoms. The third-order valence-electron chi connectivity index (χ3n) is 7.10. The number of hydrogen-bond acceptors (Lipinski definition) is 7. The molecular weight excluding hydrogens is 641 g/mol. The van der Waals surface area contributed by atoms with Crippen LogP contribution < -0.4 is 20.7 Å². The van der Waals surface area contributed by atoms with Gasteiger partial charge in [0.1, 0.15) is 16.7 Å². The summed E-state index contributed by atoms with van der Waals surface area (Å²) in [5.74, 6) is -0.740. The molecule has 0 saturated carbocycles. The summed E-state index contributed by atoms with van der Waals surface area (Å²) in [4.78, 5) is 51.4. The molecule has 0 saturated heterocycles. The zero-order valence-electron chi connectivity index (χ0n) is 26.4. The average molecular weight is 673 g/mol. The second-order valence-corrected chi connectivity index (χ2v) is 11.7. The number of non-ortho nitro benzene ring substituents is 1. The van der Waals surface area contributed by atoms with E-state index in [1.807, 2.05) is 49.4 Å². The summed E-state index contributed by atoms with van der Waals surface area (Å²) in [5.41, 5.74) is 2.50. The predicted octanol–water partition coefficient (Wildman–Crippen LogP) is 7.88. The molecule has 10 nitrogen and oxygen atoms in total. The minimum absolute atomic E-state index is 0.0608. The summed E-state index contributed by atoms with van der Waals surface area (Å²) in [5, 5.41) is 19.0. The molecule has 0 spiro atoms. The lowest BCUT2D eigenvalue weighted by Crippen LogP contribution is -2.30. The van der Waals surface area contributed by atoms with E-state index < -0.39 is 22.0 Å². The van der Waals surface area contributed by atoms with Gasteiger partial charge in [-0.25, -0.2) is 0 Å². The topological polar surface area (TPSA) is 140 Å². The van der Waals surface area contributed by atoms with E-state index in [0.717, 1.165) is 10.5 Å². The standard InChI is InChI=1S/C38H32N4O6S/c1-2-48-34-16-10-9-15-32(34)40-38(45)35(27-11-5-3-6-12-27)49-31-23-19-29(20-24-31)39-37(44)33(41-36(43)28-13-7-4-8-14-28)25-26-17-21-30(22-18-26)42(46)47/h3-25,35H,2H2,1H3,(H,39,44)(H,40,45)(H,41,43)/b33-25-. The van der Waals surface area contributed by atoms with Gasteiger partial charge in [0.25, 0.3) is 17.5 Å². The summed E-state index contributed by atoms with van der Waals surface area (Å²) in [6.45, 7) is 2.34. The average Bonchev–Trinajstić information content (AvgIpc) is 3.12. The first-order valence-corrected chi connectivity index (χ1v) is 16.2. The number of rotatable bonds is 13. The number of thioether (sulfide) groups is 1. The Morgan fingerprint density at radius 3 is 2.08 bits per heavy atom. The van der Waals surface area contributed by atoms with Gasteiger partial charge in [-0.15, -0.1) is 11.8 Å². The molecule has 5 aromatic rings.